The van der Waals surface area contributed by atoms with E-state index in [1.54, 1.807) is 7.11 Å². The number of rotatable bonds is 2. The molecule has 2 rings (SSSR count). The Labute approximate surface area is 90.7 Å². The summed E-state index contributed by atoms with van der Waals surface area (Å²) in [5, 5.41) is 10.6. The summed E-state index contributed by atoms with van der Waals surface area (Å²) in [6.07, 6.45) is 0. The van der Waals surface area contributed by atoms with Crippen LogP contribution in [0.3, 0.4) is 0 Å². The van der Waals surface area contributed by atoms with Crippen LogP contribution in [0, 0.1) is 0 Å². The van der Waals surface area contributed by atoms with Crippen LogP contribution in [0.5, 0.6) is 11.5 Å². The second kappa shape index (κ2) is 3.67. The van der Waals surface area contributed by atoms with Gasteiger partial charge in [0.15, 0.2) is 0 Å². The summed E-state index contributed by atoms with van der Waals surface area (Å²) < 4.78 is 6.11. The molecule has 0 fully saturated rings. The van der Waals surface area contributed by atoms with Crippen LogP contribution in [0.15, 0.2) is 18.2 Å². The Morgan fingerprint density at radius 1 is 1.50 bits per heavy atom. The lowest BCUT2D eigenvalue weighted by Crippen LogP contribution is -1.80. The Hall–Kier alpha value is -0.930. The average Bonchev–Trinajstić information content (AvgIpc) is 2.55. The second-order valence-corrected chi connectivity index (χ2v) is 4.27. The first-order chi connectivity index (χ1) is 6.76. The zero-order chi connectivity index (χ0) is 10.1. The van der Waals surface area contributed by atoms with E-state index in [2.05, 4.69) is 0 Å². The highest BCUT2D eigenvalue weighted by molar-refractivity contribution is 7.19. The Kier molecular flexibility index (Phi) is 2.52. The van der Waals surface area contributed by atoms with Crippen molar-refractivity contribution in [1.29, 1.82) is 0 Å². The van der Waals surface area contributed by atoms with Gasteiger partial charge in [-0.25, -0.2) is 0 Å². The highest BCUT2D eigenvalue weighted by Gasteiger charge is 2.10. The highest BCUT2D eigenvalue weighted by Crippen LogP contribution is 2.39. The summed E-state index contributed by atoms with van der Waals surface area (Å²) in [7, 11) is 1.60. The molecule has 2 aromatic rings. The van der Waals surface area contributed by atoms with Gasteiger partial charge in [-0.1, -0.05) is 0 Å². The molecule has 0 saturated heterocycles. The summed E-state index contributed by atoms with van der Waals surface area (Å²) in [4.78, 5) is 0.801. The minimum atomic E-state index is 0.277. The van der Waals surface area contributed by atoms with Crippen LogP contribution < -0.4 is 4.74 Å². The van der Waals surface area contributed by atoms with Crippen molar-refractivity contribution in [2.45, 2.75) is 5.88 Å². The van der Waals surface area contributed by atoms with Gasteiger partial charge in [-0.05, 0) is 18.2 Å². The smallest absolute Gasteiger partial charge is 0.138 e. The highest BCUT2D eigenvalue weighted by atomic mass is 35.5. The minimum absolute atomic E-state index is 0.277. The molecule has 2 nitrogen and oxygen atoms in total. The van der Waals surface area contributed by atoms with Gasteiger partial charge in [-0.15, -0.1) is 22.9 Å². The molecule has 14 heavy (non-hydrogen) atoms. The Balaban J connectivity index is 2.68. The van der Waals surface area contributed by atoms with Crippen LogP contribution in [0.2, 0.25) is 0 Å². The number of methoxy groups -OCH3 is 1. The van der Waals surface area contributed by atoms with Crippen molar-refractivity contribution < 1.29 is 9.84 Å². The lowest BCUT2D eigenvalue weighted by atomic mass is 10.2. The number of fused-ring (bicyclic) bond motifs is 1. The number of ether oxygens (including phenoxy) is 1. The first kappa shape index (κ1) is 9.62. The molecule has 0 radical (unpaired) electrons. The van der Waals surface area contributed by atoms with Gasteiger partial charge in [0.05, 0.1) is 17.9 Å². The molecular formula is C10H9ClO2S. The van der Waals surface area contributed by atoms with Gasteiger partial charge in [0.2, 0.25) is 0 Å². The van der Waals surface area contributed by atoms with E-state index in [0.717, 1.165) is 20.7 Å². The van der Waals surface area contributed by atoms with Gasteiger partial charge in [-0.3, -0.25) is 0 Å². The normalized spacial score (nSPS) is 10.7. The van der Waals surface area contributed by atoms with Crippen molar-refractivity contribution >= 4 is 33.0 Å². The van der Waals surface area contributed by atoms with E-state index >= 15 is 0 Å². The van der Waals surface area contributed by atoms with Crippen LogP contribution in [0.4, 0.5) is 0 Å². The van der Waals surface area contributed by atoms with Crippen LogP contribution in [-0.4, -0.2) is 12.2 Å². The zero-order valence-electron chi connectivity index (χ0n) is 7.58. The van der Waals surface area contributed by atoms with Gasteiger partial charge in [0.1, 0.15) is 11.5 Å². The Morgan fingerprint density at radius 3 is 2.93 bits per heavy atom. The maximum atomic E-state index is 9.78. The lowest BCUT2D eigenvalue weighted by Gasteiger charge is -1.98. The number of thiophene rings is 1. The summed E-state index contributed by atoms with van der Waals surface area (Å²) in [6.45, 7) is 0. The second-order valence-electron chi connectivity index (χ2n) is 2.87. The molecular weight excluding hydrogens is 220 g/mol. The first-order valence-electron chi connectivity index (χ1n) is 4.10. The van der Waals surface area contributed by atoms with Gasteiger partial charge < -0.3 is 9.84 Å². The molecule has 4 heteroatoms. The standard InChI is InChI=1S/C10H9ClO2S/c1-13-6-2-3-8-7(4-6)10(12)9(5-11)14-8/h2-4,12H,5H2,1H3. The maximum Gasteiger partial charge on any atom is 0.138 e. The zero-order valence-corrected chi connectivity index (χ0v) is 9.15. The van der Waals surface area contributed by atoms with E-state index in [1.165, 1.54) is 11.3 Å². The van der Waals surface area contributed by atoms with Gasteiger partial charge in [-0.2, -0.15) is 0 Å². The van der Waals surface area contributed by atoms with E-state index in [4.69, 9.17) is 16.3 Å². The predicted molar refractivity (Wildman–Crippen MR) is 59.6 cm³/mol. The topological polar surface area (TPSA) is 29.5 Å². The third-order valence-corrected chi connectivity index (χ3v) is 3.65. The van der Waals surface area contributed by atoms with Crippen LogP contribution >= 0.6 is 22.9 Å². The molecule has 0 aliphatic heterocycles. The molecule has 0 saturated carbocycles. The molecule has 74 valence electrons. The quantitative estimate of drug-likeness (QED) is 0.799. The number of hydrogen-bond donors (Lipinski definition) is 1. The van der Waals surface area contributed by atoms with Crippen LogP contribution in [-0.2, 0) is 5.88 Å². The number of alkyl halides is 1. The fraction of sp³-hybridized carbons (Fsp3) is 0.200. The summed E-state index contributed by atoms with van der Waals surface area (Å²) >= 11 is 7.20. The van der Waals surface area contributed by atoms with Crippen molar-refractivity contribution in [3.05, 3.63) is 23.1 Å². The molecule has 1 aromatic carbocycles. The molecule has 0 atom stereocenters. The number of halogens is 1. The fourth-order valence-corrected chi connectivity index (χ4v) is 2.55. The molecule has 0 spiro atoms. The van der Waals surface area contributed by atoms with Crippen LogP contribution in [0.25, 0.3) is 10.1 Å². The molecule has 0 bridgehead atoms. The fourth-order valence-electron chi connectivity index (χ4n) is 1.33. The molecule has 0 aliphatic rings. The van der Waals surface area contributed by atoms with Crippen molar-refractivity contribution in [1.82, 2.24) is 0 Å². The number of benzene rings is 1. The van der Waals surface area contributed by atoms with Gasteiger partial charge >= 0.3 is 0 Å². The first-order valence-corrected chi connectivity index (χ1v) is 5.45. The largest absolute Gasteiger partial charge is 0.506 e. The third-order valence-electron chi connectivity index (χ3n) is 2.06. The van der Waals surface area contributed by atoms with E-state index < -0.39 is 0 Å². The average molecular weight is 229 g/mol. The van der Waals surface area contributed by atoms with Gasteiger partial charge in [0.25, 0.3) is 0 Å². The van der Waals surface area contributed by atoms with Crippen LogP contribution in [0.1, 0.15) is 4.88 Å². The minimum Gasteiger partial charge on any atom is -0.506 e. The molecule has 1 aromatic heterocycles. The van der Waals surface area contributed by atoms with Gasteiger partial charge in [0, 0.05) is 10.1 Å². The number of aromatic hydroxyl groups is 1. The maximum absolute atomic E-state index is 9.78. The summed E-state index contributed by atoms with van der Waals surface area (Å²) in [5.41, 5.74) is 0. The summed E-state index contributed by atoms with van der Waals surface area (Å²) in [5.74, 6) is 1.36. The number of hydrogen-bond acceptors (Lipinski definition) is 3. The van der Waals surface area contributed by atoms with E-state index in [9.17, 15) is 5.11 Å². The third kappa shape index (κ3) is 1.42. The molecule has 0 amide bonds. The Morgan fingerprint density at radius 2 is 2.29 bits per heavy atom. The van der Waals surface area contributed by atoms with Crippen molar-refractivity contribution in [3.8, 4) is 11.5 Å². The Bertz CT molecular complexity index is 464. The molecule has 1 N–H and O–H groups in total. The SMILES string of the molecule is COc1ccc2sc(CCl)c(O)c2c1. The van der Waals surface area contributed by atoms with E-state index in [1.807, 2.05) is 18.2 Å². The molecule has 1 heterocycles. The van der Waals surface area contributed by atoms with E-state index in [0.29, 0.717) is 5.88 Å². The molecule has 0 unspecified atom stereocenters. The predicted octanol–water partition coefficient (Wildman–Crippen LogP) is 3.35. The monoisotopic (exact) mass is 228 g/mol. The van der Waals surface area contributed by atoms with Crippen molar-refractivity contribution in [2.75, 3.05) is 7.11 Å². The van der Waals surface area contributed by atoms with Crippen molar-refractivity contribution in [2.24, 2.45) is 0 Å². The van der Waals surface area contributed by atoms with E-state index in [-0.39, 0.29) is 5.75 Å². The van der Waals surface area contributed by atoms with Crippen molar-refractivity contribution in [3.63, 3.8) is 0 Å². The lowest BCUT2D eigenvalue weighted by molar-refractivity contribution is 0.415. The molecule has 0 aliphatic carbocycles. The summed E-state index contributed by atoms with van der Waals surface area (Å²) in [6, 6.07) is 5.61.